The molecule has 0 radical (unpaired) electrons. The third-order valence-electron chi connectivity index (χ3n) is 6.15. The zero-order chi connectivity index (χ0) is 17.1. The average molecular weight is 342 g/mol. The fourth-order valence-electron chi connectivity index (χ4n) is 4.80. The molecular weight excluding hydrogens is 312 g/mol. The number of nitrogens with zero attached hydrogens (tertiary/aromatic N) is 4. The highest BCUT2D eigenvalue weighted by Crippen LogP contribution is 2.25. The molecule has 2 atom stereocenters. The molecule has 0 aliphatic carbocycles. The van der Waals surface area contributed by atoms with Gasteiger partial charge in [-0.05, 0) is 62.9 Å². The van der Waals surface area contributed by atoms with Gasteiger partial charge < -0.3 is 4.90 Å². The lowest BCUT2D eigenvalue weighted by Gasteiger charge is -2.38. The minimum Gasteiger partial charge on any atom is -0.340 e. The molecule has 5 heteroatoms. The second-order valence-electron chi connectivity index (χ2n) is 7.81. The fraction of sp³-hybridized carbons (Fsp3) is 0.700. The molecular formula is C20H30N4O. The highest BCUT2D eigenvalue weighted by atomic mass is 16.2. The number of hydrogen-bond donors (Lipinski definition) is 0. The van der Waals surface area contributed by atoms with E-state index in [9.17, 15) is 4.79 Å². The lowest BCUT2D eigenvalue weighted by Crippen LogP contribution is -2.52. The molecule has 0 unspecified atom stereocenters. The van der Waals surface area contributed by atoms with Crippen LogP contribution in [0.1, 0.15) is 44.1 Å². The molecule has 4 rings (SSSR count). The number of aromatic nitrogens is 1. The fourth-order valence-corrected chi connectivity index (χ4v) is 4.80. The van der Waals surface area contributed by atoms with E-state index in [0.29, 0.717) is 11.9 Å². The van der Waals surface area contributed by atoms with Gasteiger partial charge in [-0.15, -0.1) is 0 Å². The van der Waals surface area contributed by atoms with Crippen molar-refractivity contribution in [3.63, 3.8) is 0 Å². The van der Waals surface area contributed by atoms with E-state index in [4.69, 9.17) is 0 Å². The summed E-state index contributed by atoms with van der Waals surface area (Å²) < 4.78 is 0. The molecule has 5 nitrogen and oxygen atoms in total. The van der Waals surface area contributed by atoms with Crippen LogP contribution in [0.3, 0.4) is 0 Å². The predicted octanol–water partition coefficient (Wildman–Crippen LogP) is 2.13. The Morgan fingerprint density at radius 1 is 1.00 bits per heavy atom. The van der Waals surface area contributed by atoms with Crippen molar-refractivity contribution in [1.29, 1.82) is 0 Å². The highest BCUT2D eigenvalue weighted by molar-refractivity contribution is 5.82. The Bertz CT molecular complexity index is 578. The molecule has 0 N–H and O–H groups in total. The Balaban J connectivity index is 1.44. The summed E-state index contributed by atoms with van der Waals surface area (Å²) in [6.07, 6.45) is 10.8. The van der Waals surface area contributed by atoms with Crippen LogP contribution in [0.4, 0.5) is 0 Å². The Morgan fingerprint density at radius 3 is 2.72 bits per heavy atom. The average Bonchev–Trinajstić information content (AvgIpc) is 2.99. The molecule has 0 bridgehead atoms. The quantitative estimate of drug-likeness (QED) is 0.844. The summed E-state index contributed by atoms with van der Waals surface area (Å²) in [7, 11) is 0. The number of pyridine rings is 1. The maximum absolute atomic E-state index is 13.3. The molecule has 4 heterocycles. The van der Waals surface area contributed by atoms with Gasteiger partial charge in [-0.1, -0.05) is 6.42 Å². The van der Waals surface area contributed by atoms with Gasteiger partial charge in [0, 0.05) is 44.6 Å². The summed E-state index contributed by atoms with van der Waals surface area (Å²) in [6.45, 7) is 6.17. The normalized spacial score (nSPS) is 28.6. The number of likely N-dealkylation sites (tertiary alicyclic amines) is 1. The second-order valence-corrected chi connectivity index (χ2v) is 7.81. The van der Waals surface area contributed by atoms with Crippen LogP contribution < -0.4 is 0 Å². The van der Waals surface area contributed by atoms with Crippen molar-refractivity contribution in [2.24, 2.45) is 0 Å². The first-order valence-corrected chi connectivity index (χ1v) is 9.97. The van der Waals surface area contributed by atoms with Crippen LogP contribution in [0.2, 0.25) is 0 Å². The van der Waals surface area contributed by atoms with Gasteiger partial charge in [-0.25, -0.2) is 0 Å². The van der Waals surface area contributed by atoms with Crippen LogP contribution in [0, 0.1) is 0 Å². The molecule has 3 aliphatic heterocycles. The predicted molar refractivity (Wildman–Crippen MR) is 98.1 cm³/mol. The third-order valence-corrected chi connectivity index (χ3v) is 6.15. The van der Waals surface area contributed by atoms with E-state index in [1.165, 1.54) is 44.3 Å². The summed E-state index contributed by atoms with van der Waals surface area (Å²) in [5.41, 5.74) is 1.26. The smallest absolute Gasteiger partial charge is 0.239 e. The van der Waals surface area contributed by atoms with Gasteiger partial charge in [0.05, 0.1) is 6.04 Å². The first kappa shape index (κ1) is 17.0. The number of piperidine rings is 1. The van der Waals surface area contributed by atoms with Crippen molar-refractivity contribution < 1.29 is 4.79 Å². The van der Waals surface area contributed by atoms with Gasteiger partial charge in [0.25, 0.3) is 0 Å². The van der Waals surface area contributed by atoms with E-state index >= 15 is 0 Å². The van der Waals surface area contributed by atoms with Gasteiger partial charge in [0.1, 0.15) is 0 Å². The summed E-state index contributed by atoms with van der Waals surface area (Å²) in [4.78, 5) is 24.6. The Morgan fingerprint density at radius 2 is 1.84 bits per heavy atom. The summed E-state index contributed by atoms with van der Waals surface area (Å²) >= 11 is 0. The van der Waals surface area contributed by atoms with Crippen molar-refractivity contribution in [2.45, 2.75) is 57.2 Å². The van der Waals surface area contributed by atoms with Crippen molar-refractivity contribution in [3.05, 3.63) is 30.1 Å². The number of carbonyl (C=O) groups excluding carboxylic acids is 1. The number of rotatable bonds is 3. The topological polar surface area (TPSA) is 39.7 Å². The van der Waals surface area contributed by atoms with Gasteiger partial charge in [-0.2, -0.15) is 0 Å². The van der Waals surface area contributed by atoms with E-state index in [1.54, 1.807) is 0 Å². The van der Waals surface area contributed by atoms with Crippen LogP contribution in [0.25, 0.3) is 0 Å². The first-order chi connectivity index (χ1) is 12.3. The molecule has 1 aromatic rings. The van der Waals surface area contributed by atoms with Gasteiger partial charge in [0.15, 0.2) is 0 Å². The molecule has 136 valence electrons. The third kappa shape index (κ3) is 3.87. The molecule has 1 aromatic heterocycles. The monoisotopic (exact) mass is 342 g/mol. The van der Waals surface area contributed by atoms with Crippen LogP contribution in [-0.2, 0) is 11.3 Å². The van der Waals surface area contributed by atoms with Crippen LogP contribution in [0.15, 0.2) is 24.5 Å². The largest absolute Gasteiger partial charge is 0.340 e. The molecule has 0 saturated carbocycles. The molecule has 25 heavy (non-hydrogen) atoms. The molecule has 3 aliphatic rings. The van der Waals surface area contributed by atoms with Crippen molar-refractivity contribution >= 4 is 5.91 Å². The summed E-state index contributed by atoms with van der Waals surface area (Å²) in [5.74, 6) is 0.377. The Kier molecular flexibility index (Phi) is 5.32. The van der Waals surface area contributed by atoms with Crippen molar-refractivity contribution in [3.8, 4) is 0 Å². The minimum absolute atomic E-state index is 0.0647. The Hall–Kier alpha value is -1.46. The maximum atomic E-state index is 13.3. The maximum Gasteiger partial charge on any atom is 0.239 e. The number of carbonyl (C=O) groups is 1. The molecule has 3 saturated heterocycles. The van der Waals surface area contributed by atoms with Gasteiger partial charge >= 0.3 is 0 Å². The zero-order valence-electron chi connectivity index (χ0n) is 15.1. The number of hydrogen-bond acceptors (Lipinski definition) is 4. The Labute approximate surface area is 151 Å². The van der Waals surface area contributed by atoms with Crippen LogP contribution >= 0.6 is 0 Å². The van der Waals surface area contributed by atoms with Gasteiger partial charge in [0.2, 0.25) is 5.91 Å². The molecule has 0 spiro atoms. The zero-order valence-corrected chi connectivity index (χ0v) is 15.1. The van der Waals surface area contributed by atoms with Gasteiger partial charge in [-0.3, -0.25) is 19.6 Å². The lowest BCUT2D eigenvalue weighted by atomic mass is 9.99. The number of amides is 1. The van der Waals surface area contributed by atoms with E-state index < -0.39 is 0 Å². The SMILES string of the molecule is O=C([C@@H]1CCCCN1Cc1ccncc1)N1CCCN2CCC[C@H]2C1. The number of fused-ring (bicyclic) bond motifs is 1. The van der Waals surface area contributed by atoms with E-state index in [0.717, 1.165) is 39.0 Å². The molecule has 3 fully saturated rings. The summed E-state index contributed by atoms with van der Waals surface area (Å²) in [6, 6.07) is 4.80. The van der Waals surface area contributed by atoms with Crippen LogP contribution in [-0.4, -0.2) is 70.4 Å². The highest BCUT2D eigenvalue weighted by Gasteiger charge is 2.36. The van der Waals surface area contributed by atoms with Crippen LogP contribution in [0.5, 0.6) is 0 Å². The molecule has 0 aromatic carbocycles. The van der Waals surface area contributed by atoms with Crippen molar-refractivity contribution in [1.82, 2.24) is 19.7 Å². The van der Waals surface area contributed by atoms with E-state index in [1.807, 2.05) is 12.4 Å². The minimum atomic E-state index is 0.0647. The standard InChI is InChI=1S/C20H30N4O/c25-20(24-14-4-13-22-12-3-5-18(22)16-24)19-6-1-2-11-23(19)15-17-7-9-21-10-8-17/h7-10,18-19H,1-6,11-16H2/t18-,19-/m0/s1. The van der Waals surface area contributed by atoms with E-state index in [2.05, 4.69) is 31.8 Å². The second kappa shape index (κ2) is 7.83. The lowest BCUT2D eigenvalue weighted by molar-refractivity contribution is -0.138. The molecule has 1 amide bonds. The summed E-state index contributed by atoms with van der Waals surface area (Å²) in [5, 5.41) is 0. The first-order valence-electron chi connectivity index (χ1n) is 9.97. The van der Waals surface area contributed by atoms with Crippen molar-refractivity contribution in [2.75, 3.05) is 32.7 Å². The van der Waals surface area contributed by atoms with E-state index in [-0.39, 0.29) is 6.04 Å².